The van der Waals surface area contributed by atoms with Gasteiger partial charge in [-0.2, -0.15) is 0 Å². The lowest BCUT2D eigenvalue weighted by Gasteiger charge is -2.12. The Bertz CT molecular complexity index is 487. The smallest absolute Gasteiger partial charge is 0.117 e. The highest BCUT2D eigenvalue weighted by atomic mass is 16.3. The van der Waals surface area contributed by atoms with Gasteiger partial charge in [-0.1, -0.05) is 12.1 Å². The number of rotatable bonds is 5. The summed E-state index contributed by atoms with van der Waals surface area (Å²) >= 11 is 0. The average Bonchev–Trinajstić information content (AvgIpc) is 2.76. The van der Waals surface area contributed by atoms with Crippen molar-refractivity contribution in [3.8, 4) is 5.75 Å². The predicted octanol–water partition coefficient (Wildman–Crippen LogP) is 3.01. The summed E-state index contributed by atoms with van der Waals surface area (Å²) in [6.45, 7) is 4.83. The third-order valence-corrected chi connectivity index (χ3v) is 2.90. The molecule has 0 aliphatic rings. The van der Waals surface area contributed by atoms with Crippen LogP contribution in [0.4, 0.5) is 0 Å². The van der Waals surface area contributed by atoms with E-state index in [9.17, 15) is 5.11 Å². The van der Waals surface area contributed by atoms with E-state index >= 15 is 0 Å². The van der Waals surface area contributed by atoms with E-state index in [4.69, 9.17) is 4.42 Å². The molecule has 0 amide bonds. The van der Waals surface area contributed by atoms with Gasteiger partial charge in [-0.3, -0.25) is 0 Å². The molecule has 96 valence electrons. The first-order valence-electron chi connectivity index (χ1n) is 6.20. The van der Waals surface area contributed by atoms with Crippen LogP contribution >= 0.6 is 0 Å². The fraction of sp³-hybridized carbons (Fsp3) is 0.333. The Morgan fingerprint density at radius 3 is 2.50 bits per heavy atom. The molecule has 1 unspecified atom stereocenters. The van der Waals surface area contributed by atoms with E-state index in [1.165, 1.54) is 5.56 Å². The van der Waals surface area contributed by atoms with Gasteiger partial charge in [0.2, 0.25) is 0 Å². The molecule has 0 radical (unpaired) electrons. The Hall–Kier alpha value is -1.74. The van der Waals surface area contributed by atoms with Crippen molar-refractivity contribution in [1.29, 1.82) is 0 Å². The monoisotopic (exact) mass is 245 g/mol. The molecule has 0 saturated heterocycles. The van der Waals surface area contributed by atoms with Crippen molar-refractivity contribution in [2.45, 2.75) is 32.9 Å². The standard InChI is InChI=1S/C15H19NO2/c1-11(9-13-4-6-14(17)7-5-13)16-10-15-8-3-12(2)18-15/h3-8,11,16-17H,9-10H2,1-2H3. The maximum absolute atomic E-state index is 9.22. The summed E-state index contributed by atoms with van der Waals surface area (Å²) in [6.07, 6.45) is 0.931. The lowest BCUT2D eigenvalue weighted by atomic mass is 10.1. The molecular formula is C15H19NO2. The zero-order valence-electron chi connectivity index (χ0n) is 10.8. The molecule has 18 heavy (non-hydrogen) atoms. The normalized spacial score (nSPS) is 12.6. The highest BCUT2D eigenvalue weighted by Gasteiger charge is 2.05. The number of aromatic hydroxyl groups is 1. The van der Waals surface area contributed by atoms with Crippen molar-refractivity contribution < 1.29 is 9.52 Å². The molecule has 2 N–H and O–H groups in total. The van der Waals surface area contributed by atoms with Crippen LogP contribution in [0.5, 0.6) is 5.75 Å². The molecule has 2 aromatic rings. The third-order valence-electron chi connectivity index (χ3n) is 2.90. The fourth-order valence-electron chi connectivity index (χ4n) is 1.91. The topological polar surface area (TPSA) is 45.4 Å². The molecule has 1 atom stereocenters. The van der Waals surface area contributed by atoms with E-state index in [1.54, 1.807) is 12.1 Å². The lowest BCUT2D eigenvalue weighted by molar-refractivity contribution is 0.439. The minimum atomic E-state index is 0.311. The predicted molar refractivity (Wildman–Crippen MR) is 71.6 cm³/mol. The average molecular weight is 245 g/mol. The first-order valence-corrected chi connectivity index (χ1v) is 6.20. The number of benzene rings is 1. The molecular weight excluding hydrogens is 226 g/mol. The zero-order valence-corrected chi connectivity index (χ0v) is 10.8. The van der Waals surface area contributed by atoms with E-state index in [-0.39, 0.29) is 0 Å². The summed E-state index contributed by atoms with van der Waals surface area (Å²) < 4.78 is 5.50. The van der Waals surface area contributed by atoms with E-state index in [1.807, 2.05) is 31.2 Å². The quantitative estimate of drug-likeness (QED) is 0.851. The maximum Gasteiger partial charge on any atom is 0.117 e. The van der Waals surface area contributed by atoms with Gasteiger partial charge >= 0.3 is 0 Å². The van der Waals surface area contributed by atoms with Crippen molar-refractivity contribution in [1.82, 2.24) is 5.32 Å². The van der Waals surface area contributed by atoms with Crippen LogP contribution in [0.15, 0.2) is 40.8 Å². The second-order valence-corrected chi connectivity index (χ2v) is 4.66. The van der Waals surface area contributed by atoms with Gasteiger partial charge < -0.3 is 14.8 Å². The summed E-state index contributed by atoms with van der Waals surface area (Å²) in [7, 11) is 0. The van der Waals surface area contributed by atoms with Gasteiger partial charge in [-0.05, 0) is 50.1 Å². The highest BCUT2D eigenvalue weighted by molar-refractivity contribution is 5.26. The van der Waals surface area contributed by atoms with Gasteiger partial charge in [0.1, 0.15) is 17.3 Å². The third kappa shape index (κ3) is 3.64. The van der Waals surface area contributed by atoms with Gasteiger partial charge in [0, 0.05) is 6.04 Å². The Labute approximate surface area is 107 Å². The first kappa shape index (κ1) is 12.7. The molecule has 0 aliphatic carbocycles. The van der Waals surface area contributed by atoms with Crippen molar-refractivity contribution in [2.24, 2.45) is 0 Å². The van der Waals surface area contributed by atoms with E-state index < -0.39 is 0 Å². The molecule has 0 saturated carbocycles. The number of hydrogen-bond donors (Lipinski definition) is 2. The van der Waals surface area contributed by atoms with Crippen LogP contribution < -0.4 is 5.32 Å². The number of furan rings is 1. The van der Waals surface area contributed by atoms with Gasteiger partial charge in [-0.15, -0.1) is 0 Å². The van der Waals surface area contributed by atoms with Crippen LogP contribution in [0.1, 0.15) is 24.0 Å². The molecule has 0 fully saturated rings. The molecule has 0 spiro atoms. The largest absolute Gasteiger partial charge is 0.508 e. The Kier molecular flexibility index (Phi) is 4.05. The number of phenols is 1. The van der Waals surface area contributed by atoms with Gasteiger partial charge in [0.15, 0.2) is 0 Å². The second kappa shape index (κ2) is 5.74. The maximum atomic E-state index is 9.22. The molecule has 3 nitrogen and oxygen atoms in total. The fourth-order valence-corrected chi connectivity index (χ4v) is 1.91. The van der Waals surface area contributed by atoms with Crippen LogP contribution in [0, 0.1) is 6.92 Å². The molecule has 1 aromatic heterocycles. The number of phenolic OH excluding ortho intramolecular Hbond substituents is 1. The van der Waals surface area contributed by atoms with Crippen LogP contribution in [-0.4, -0.2) is 11.1 Å². The summed E-state index contributed by atoms with van der Waals surface area (Å²) in [4.78, 5) is 0. The van der Waals surface area contributed by atoms with Crippen LogP contribution in [-0.2, 0) is 13.0 Å². The van der Waals surface area contributed by atoms with E-state index in [2.05, 4.69) is 12.2 Å². The van der Waals surface area contributed by atoms with Gasteiger partial charge in [-0.25, -0.2) is 0 Å². The van der Waals surface area contributed by atoms with Gasteiger partial charge in [0.25, 0.3) is 0 Å². The van der Waals surface area contributed by atoms with Crippen LogP contribution in [0.3, 0.4) is 0 Å². The Morgan fingerprint density at radius 1 is 1.17 bits per heavy atom. The number of nitrogens with one attached hydrogen (secondary N) is 1. The minimum Gasteiger partial charge on any atom is -0.508 e. The minimum absolute atomic E-state index is 0.311. The Morgan fingerprint density at radius 2 is 1.89 bits per heavy atom. The zero-order chi connectivity index (χ0) is 13.0. The van der Waals surface area contributed by atoms with Crippen LogP contribution in [0.25, 0.3) is 0 Å². The summed E-state index contributed by atoms with van der Waals surface area (Å²) in [5.74, 6) is 2.22. The van der Waals surface area contributed by atoms with E-state index in [0.717, 1.165) is 24.5 Å². The lowest BCUT2D eigenvalue weighted by Crippen LogP contribution is -2.27. The highest BCUT2D eigenvalue weighted by Crippen LogP contribution is 2.12. The summed E-state index contributed by atoms with van der Waals surface area (Å²) in [6, 6.07) is 11.7. The van der Waals surface area contributed by atoms with Crippen molar-refractivity contribution in [2.75, 3.05) is 0 Å². The van der Waals surface area contributed by atoms with Gasteiger partial charge in [0.05, 0.1) is 6.54 Å². The molecule has 1 aromatic carbocycles. The second-order valence-electron chi connectivity index (χ2n) is 4.66. The summed E-state index contributed by atoms with van der Waals surface area (Å²) in [5, 5.41) is 12.6. The van der Waals surface area contributed by atoms with Crippen LogP contribution in [0.2, 0.25) is 0 Å². The summed E-state index contributed by atoms with van der Waals surface area (Å²) in [5.41, 5.74) is 1.21. The van der Waals surface area contributed by atoms with Crippen molar-refractivity contribution >= 4 is 0 Å². The SMILES string of the molecule is Cc1ccc(CNC(C)Cc2ccc(O)cc2)o1. The first-order chi connectivity index (χ1) is 8.63. The molecule has 2 rings (SSSR count). The molecule has 0 aliphatic heterocycles. The molecule has 1 heterocycles. The Balaban J connectivity index is 1.81. The number of aryl methyl sites for hydroxylation is 1. The van der Waals surface area contributed by atoms with Crippen molar-refractivity contribution in [3.63, 3.8) is 0 Å². The molecule has 0 bridgehead atoms. The number of hydrogen-bond acceptors (Lipinski definition) is 3. The van der Waals surface area contributed by atoms with E-state index in [0.29, 0.717) is 11.8 Å². The van der Waals surface area contributed by atoms with Crippen molar-refractivity contribution in [3.05, 3.63) is 53.5 Å². The molecule has 3 heteroatoms.